The van der Waals surface area contributed by atoms with E-state index in [0.29, 0.717) is 32.0 Å². The van der Waals surface area contributed by atoms with Crippen molar-refractivity contribution in [3.63, 3.8) is 0 Å². The first-order valence-electron chi connectivity index (χ1n) is 7.21. The van der Waals surface area contributed by atoms with Crippen molar-refractivity contribution in [1.82, 2.24) is 5.32 Å². The summed E-state index contributed by atoms with van der Waals surface area (Å²) in [5.74, 6) is 0.399. The van der Waals surface area contributed by atoms with Crippen molar-refractivity contribution in [3.8, 4) is 0 Å². The predicted molar refractivity (Wildman–Crippen MR) is 77.3 cm³/mol. The summed E-state index contributed by atoms with van der Waals surface area (Å²) in [5.41, 5.74) is 2.14. The zero-order valence-corrected chi connectivity index (χ0v) is 12.1. The molecule has 4 nitrogen and oxygen atoms in total. The highest BCUT2D eigenvalue weighted by atomic mass is 16.5. The van der Waals surface area contributed by atoms with Gasteiger partial charge >= 0.3 is 0 Å². The summed E-state index contributed by atoms with van der Waals surface area (Å²) >= 11 is 0. The van der Waals surface area contributed by atoms with Crippen LogP contribution in [0.4, 0.5) is 0 Å². The lowest BCUT2D eigenvalue weighted by Crippen LogP contribution is -2.34. The van der Waals surface area contributed by atoms with Gasteiger partial charge in [-0.05, 0) is 17.0 Å². The highest BCUT2D eigenvalue weighted by molar-refractivity contribution is 5.76. The molecule has 0 spiro atoms. The van der Waals surface area contributed by atoms with Crippen molar-refractivity contribution in [2.45, 2.75) is 38.8 Å². The average Bonchev–Trinajstić information content (AvgIpc) is 2.71. The Morgan fingerprint density at radius 1 is 1.45 bits per heavy atom. The molecule has 1 aromatic rings. The number of carbonyl (C=O) groups excluding carboxylic acids is 1. The van der Waals surface area contributed by atoms with E-state index < -0.39 is 6.10 Å². The number of rotatable bonds is 6. The van der Waals surface area contributed by atoms with E-state index in [9.17, 15) is 9.90 Å². The quantitative estimate of drug-likeness (QED) is 0.780. The number of amides is 1. The maximum Gasteiger partial charge on any atom is 0.222 e. The van der Waals surface area contributed by atoms with Gasteiger partial charge in [0.15, 0.2) is 0 Å². The van der Waals surface area contributed by atoms with E-state index in [4.69, 9.17) is 4.74 Å². The Balaban J connectivity index is 1.82. The van der Waals surface area contributed by atoms with Gasteiger partial charge in [0.25, 0.3) is 0 Å². The van der Waals surface area contributed by atoms with Crippen molar-refractivity contribution in [2.75, 3.05) is 13.2 Å². The minimum atomic E-state index is -0.534. The summed E-state index contributed by atoms with van der Waals surface area (Å²) in [4.78, 5) is 11.9. The molecule has 20 heavy (non-hydrogen) atoms. The van der Waals surface area contributed by atoms with Gasteiger partial charge in [0.05, 0.1) is 18.8 Å². The van der Waals surface area contributed by atoms with Gasteiger partial charge in [0.2, 0.25) is 5.91 Å². The Labute approximate surface area is 120 Å². The molecule has 0 fully saturated rings. The molecular weight excluding hydrogens is 254 g/mol. The first-order valence-corrected chi connectivity index (χ1v) is 7.21. The molecule has 0 aliphatic heterocycles. The monoisotopic (exact) mass is 277 g/mol. The minimum absolute atomic E-state index is 0.0745. The number of aliphatic hydroxyl groups excluding tert-OH is 1. The van der Waals surface area contributed by atoms with Crippen molar-refractivity contribution in [2.24, 2.45) is 5.92 Å². The molecular formula is C16H23NO3. The van der Waals surface area contributed by atoms with Crippen LogP contribution in [0.1, 0.15) is 37.4 Å². The summed E-state index contributed by atoms with van der Waals surface area (Å²) in [6.45, 7) is 5.24. The Bertz CT molecular complexity index is 459. The number of hydrogen-bond acceptors (Lipinski definition) is 3. The lowest BCUT2D eigenvalue weighted by atomic mass is 10.1. The molecule has 1 aliphatic rings. The molecule has 2 atom stereocenters. The van der Waals surface area contributed by atoms with Crippen LogP contribution < -0.4 is 5.32 Å². The van der Waals surface area contributed by atoms with E-state index in [-0.39, 0.29) is 11.9 Å². The smallest absolute Gasteiger partial charge is 0.222 e. The number of ether oxygens (including phenoxy) is 1. The van der Waals surface area contributed by atoms with E-state index in [2.05, 4.69) is 19.2 Å². The van der Waals surface area contributed by atoms with Crippen molar-refractivity contribution in [1.29, 1.82) is 0 Å². The average molecular weight is 277 g/mol. The summed E-state index contributed by atoms with van der Waals surface area (Å²) < 4.78 is 5.40. The van der Waals surface area contributed by atoms with Crippen molar-refractivity contribution >= 4 is 5.91 Å². The third-order valence-corrected chi connectivity index (χ3v) is 3.45. The first-order chi connectivity index (χ1) is 9.58. The van der Waals surface area contributed by atoms with Gasteiger partial charge in [-0.3, -0.25) is 4.79 Å². The largest absolute Gasteiger partial charge is 0.390 e. The molecule has 4 heteroatoms. The molecule has 2 N–H and O–H groups in total. The van der Waals surface area contributed by atoms with Crippen LogP contribution in [-0.2, 0) is 16.0 Å². The number of benzene rings is 1. The lowest BCUT2D eigenvalue weighted by Gasteiger charge is -2.18. The van der Waals surface area contributed by atoms with Crippen LogP contribution in [0.5, 0.6) is 0 Å². The van der Waals surface area contributed by atoms with Gasteiger partial charge in [-0.1, -0.05) is 38.1 Å². The second-order valence-electron chi connectivity index (χ2n) is 5.73. The third-order valence-electron chi connectivity index (χ3n) is 3.45. The van der Waals surface area contributed by atoms with E-state index in [1.807, 2.05) is 24.3 Å². The van der Waals surface area contributed by atoms with Crippen LogP contribution >= 0.6 is 0 Å². The second kappa shape index (κ2) is 6.86. The number of hydrogen-bond donors (Lipinski definition) is 2. The molecule has 1 aliphatic carbocycles. The van der Waals surface area contributed by atoms with Gasteiger partial charge in [-0.2, -0.15) is 0 Å². The van der Waals surface area contributed by atoms with Gasteiger partial charge in [0, 0.05) is 19.4 Å². The SMILES string of the molecule is CC(C)COCCC(=O)NC1c2ccccc2CC1O. The number of fused-ring (bicyclic) bond motifs is 1. The highest BCUT2D eigenvalue weighted by Crippen LogP contribution is 2.31. The van der Waals surface area contributed by atoms with Crippen LogP contribution in [0.15, 0.2) is 24.3 Å². The Kier molecular flexibility index (Phi) is 5.15. The fraction of sp³-hybridized carbons (Fsp3) is 0.562. The normalized spacial score (nSPS) is 21.0. The Hall–Kier alpha value is -1.39. The zero-order chi connectivity index (χ0) is 14.5. The second-order valence-corrected chi connectivity index (χ2v) is 5.73. The fourth-order valence-electron chi connectivity index (χ4n) is 2.48. The van der Waals surface area contributed by atoms with E-state index in [1.165, 1.54) is 0 Å². The van der Waals surface area contributed by atoms with Crippen LogP contribution in [-0.4, -0.2) is 30.3 Å². The molecule has 0 saturated carbocycles. The lowest BCUT2D eigenvalue weighted by molar-refractivity contribution is -0.123. The molecule has 0 radical (unpaired) electrons. The van der Waals surface area contributed by atoms with E-state index >= 15 is 0 Å². The summed E-state index contributed by atoms with van der Waals surface area (Å²) in [6.07, 6.45) is 0.399. The molecule has 0 bridgehead atoms. The summed E-state index contributed by atoms with van der Waals surface area (Å²) in [6, 6.07) is 7.56. The van der Waals surface area contributed by atoms with Crippen LogP contribution in [0, 0.1) is 5.92 Å². The summed E-state index contributed by atoms with van der Waals surface area (Å²) in [5, 5.41) is 13.0. The molecule has 2 rings (SSSR count). The fourth-order valence-corrected chi connectivity index (χ4v) is 2.48. The van der Waals surface area contributed by atoms with E-state index in [1.54, 1.807) is 0 Å². The van der Waals surface area contributed by atoms with Gasteiger partial charge < -0.3 is 15.2 Å². The molecule has 1 aromatic carbocycles. The highest BCUT2D eigenvalue weighted by Gasteiger charge is 2.31. The van der Waals surface area contributed by atoms with Crippen LogP contribution in [0.2, 0.25) is 0 Å². The zero-order valence-electron chi connectivity index (χ0n) is 12.1. The topological polar surface area (TPSA) is 58.6 Å². The molecule has 1 amide bonds. The predicted octanol–water partition coefficient (Wildman–Crippen LogP) is 1.82. The third kappa shape index (κ3) is 3.81. The van der Waals surface area contributed by atoms with E-state index in [0.717, 1.165) is 11.1 Å². The van der Waals surface area contributed by atoms with Gasteiger partial charge in [-0.15, -0.1) is 0 Å². The number of aliphatic hydroxyl groups is 1. The van der Waals surface area contributed by atoms with Gasteiger partial charge in [0.1, 0.15) is 0 Å². The van der Waals surface area contributed by atoms with Crippen molar-refractivity contribution in [3.05, 3.63) is 35.4 Å². The Morgan fingerprint density at radius 2 is 2.20 bits per heavy atom. The molecule has 110 valence electrons. The minimum Gasteiger partial charge on any atom is -0.390 e. The Morgan fingerprint density at radius 3 is 2.95 bits per heavy atom. The van der Waals surface area contributed by atoms with Crippen LogP contribution in [0.25, 0.3) is 0 Å². The number of carbonyl (C=O) groups is 1. The molecule has 2 unspecified atom stereocenters. The number of nitrogens with one attached hydrogen (secondary N) is 1. The van der Waals surface area contributed by atoms with Crippen LogP contribution in [0.3, 0.4) is 0 Å². The first kappa shape index (κ1) is 15.0. The molecule has 0 aromatic heterocycles. The van der Waals surface area contributed by atoms with Gasteiger partial charge in [-0.25, -0.2) is 0 Å². The standard InChI is InChI=1S/C16H23NO3/c1-11(2)10-20-8-7-15(19)17-16-13-6-4-3-5-12(13)9-14(16)18/h3-6,11,14,16,18H,7-10H2,1-2H3,(H,17,19). The summed E-state index contributed by atoms with van der Waals surface area (Å²) in [7, 11) is 0. The molecule has 0 heterocycles. The maximum atomic E-state index is 11.9. The molecule has 0 saturated heterocycles. The van der Waals surface area contributed by atoms with Crippen molar-refractivity contribution < 1.29 is 14.6 Å². The maximum absolute atomic E-state index is 11.9.